The molecule has 20 heavy (non-hydrogen) atoms. The average Bonchev–Trinajstić information content (AvgIpc) is 2.40. The van der Waals surface area contributed by atoms with Gasteiger partial charge >= 0.3 is 0 Å². The minimum atomic E-state index is -0.221. The molecule has 2 nitrogen and oxygen atoms in total. The molecule has 0 aromatic heterocycles. The SMILES string of the molecule is CCOC1CC(NC(C)c2ccc(F)c(Br)c2)C1(C)C. The molecule has 0 amide bonds. The maximum absolute atomic E-state index is 13.3. The number of hydrogen-bond donors (Lipinski definition) is 1. The summed E-state index contributed by atoms with van der Waals surface area (Å²) in [6.45, 7) is 9.39. The summed E-state index contributed by atoms with van der Waals surface area (Å²) < 4.78 is 19.5. The molecule has 0 bridgehead atoms. The van der Waals surface area contributed by atoms with Crippen LogP contribution in [-0.2, 0) is 4.74 Å². The maximum atomic E-state index is 13.3. The third-order valence-corrected chi connectivity index (χ3v) is 5.05. The van der Waals surface area contributed by atoms with Gasteiger partial charge in [-0.25, -0.2) is 4.39 Å². The van der Waals surface area contributed by atoms with Crippen molar-refractivity contribution in [3.05, 3.63) is 34.1 Å². The van der Waals surface area contributed by atoms with Crippen LogP contribution in [0.1, 0.15) is 45.7 Å². The molecule has 0 radical (unpaired) electrons. The largest absolute Gasteiger partial charge is 0.378 e. The van der Waals surface area contributed by atoms with E-state index >= 15 is 0 Å². The Morgan fingerprint density at radius 3 is 2.75 bits per heavy atom. The third-order valence-electron chi connectivity index (χ3n) is 4.44. The summed E-state index contributed by atoms with van der Waals surface area (Å²) in [5.41, 5.74) is 1.23. The van der Waals surface area contributed by atoms with Crippen molar-refractivity contribution in [2.45, 2.75) is 52.3 Å². The van der Waals surface area contributed by atoms with Crippen LogP contribution in [0.4, 0.5) is 4.39 Å². The average molecular weight is 344 g/mol. The normalized spacial score (nSPS) is 26.1. The van der Waals surface area contributed by atoms with Gasteiger partial charge in [0.25, 0.3) is 0 Å². The molecule has 1 aliphatic rings. The fourth-order valence-electron chi connectivity index (χ4n) is 2.83. The van der Waals surface area contributed by atoms with Crippen molar-refractivity contribution < 1.29 is 9.13 Å². The first-order valence-electron chi connectivity index (χ1n) is 7.18. The zero-order valence-electron chi connectivity index (χ0n) is 12.5. The number of benzene rings is 1. The molecule has 1 N–H and O–H groups in total. The van der Waals surface area contributed by atoms with E-state index in [1.807, 2.05) is 19.1 Å². The predicted molar refractivity (Wildman–Crippen MR) is 83.3 cm³/mol. The summed E-state index contributed by atoms with van der Waals surface area (Å²) in [6, 6.07) is 5.81. The molecule has 3 atom stereocenters. The fourth-order valence-corrected chi connectivity index (χ4v) is 3.23. The summed E-state index contributed by atoms with van der Waals surface area (Å²) in [5, 5.41) is 3.63. The molecule has 1 aromatic rings. The molecule has 1 fully saturated rings. The molecular weight excluding hydrogens is 321 g/mol. The van der Waals surface area contributed by atoms with E-state index < -0.39 is 0 Å². The first kappa shape index (κ1) is 15.9. The highest BCUT2D eigenvalue weighted by Crippen LogP contribution is 2.43. The second-order valence-corrected chi connectivity index (χ2v) is 6.97. The Kier molecular flexibility index (Phi) is 4.88. The van der Waals surface area contributed by atoms with E-state index in [2.05, 4.69) is 42.0 Å². The Morgan fingerprint density at radius 2 is 2.20 bits per heavy atom. The highest BCUT2D eigenvalue weighted by Gasteiger charge is 2.49. The van der Waals surface area contributed by atoms with E-state index in [0.717, 1.165) is 18.6 Å². The monoisotopic (exact) mass is 343 g/mol. The second-order valence-electron chi connectivity index (χ2n) is 6.12. The van der Waals surface area contributed by atoms with E-state index in [1.54, 1.807) is 0 Å². The van der Waals surface area contributed by atoms with Gasteiger partial charge in [-0.3, -0.25) is 0 Å². The lowest BCUT2D eigenvalue weighted by Gasteiger charge is -2.52. The molecule has 3 unspecified atom stereocenters. The summed E-state index contributed by atoms with van der Waals surface area (Å²) >= 11 is 3.24. The Bertz CT molecular complexity index is 478. The molecule has 1 aromatic carbocycles. The van der Waals surface area contributed by atoms with Crippen molar-refractivity contribution in [2.75, 3.05) is 6.61 Å². The minimum absolute atomic E-state index is 0.140. The van der Waals surface area contributed by atoms with Gasteiger partial charge in [0, 0.05) is 24.1 Å². The van der Waals surface area contributed by atoms with Crippen molar-refractivity contribution >= 4 is 15.9 Å². The van der Waals surface area contributed by atoms with Gasteiger partial charge in [0.2, 0.25) is 0 Å². The van der Waals surface area contributed by atoms with Gasteiger partial charge in [0.15, 0.2) is 0 Å². The molecular formula is C16H23BrFNO. The highest BCUT2D eigenvalue weighted by atomic mass is 79.9. The summed E-state index contributed by atoms with van der Waals surface area (Å²) in [7, 11) is 0. The second kappa shape index (κ2) is 6.12. The quantitative estimate of drug-likeness (QED) is 0.853. The first-order chi connectivity index (χ1) is 9.36. The molecule has 0 saturated heterocycles. The standard InChI is InChI=1S/C16H23BrFNO/c1-5-20-15-9-14(16(15,3)4)19-10(2)11-6-7-13(18)12(17)8-11/h6-8,10,14-15,19H,5,9H2,1-4H3. The van der Waals surface area contributed by atoms with Gasteiger partial charge in [-0.1, -0.05) is 19.9 Å². The van der Waals surface area contributed by atoms with Crippen LogP contribution in [0, 0.1) is 11.2 Å². The van der Waals surface area contributed by atoms with Gasteiger partial charge in [0.1, 0.15) is 5.82 Å². The van der Waals surface area contributed by atoms with Crippen molar-refractivity contribution in [3.8, 4) is 0 Å². The lowest BCUT2D eigenvalue weighted by Crippen LogP contribution is -2.61. The van der Waals surface area contributed by atoms with Gasteiger partial charge in [-0.15, -0.1) is 0 Å². The molecule has 0 spiro atoms. The summed E-state index contributed by atoms with van der Waals surface area (Å²) in [6.07, 6.45) is 1.37. The summed E-state index contributed by atoms with van der Waals surface area (Å²) in [5.74, 6) is -0.221. The molecule has 2 rings (SSSR count). The van der Waals surface area contributed by atoms with E-state index in [9.17, 15) is 4.39 Å². The molecule has 112 valence electrons. The van der Waals surface area contributed by atoms with E-state index in [1.165, 1.54) is 6.07 Å². The molecule has 1 saturated carbocycles. The van der Waals surface area contributed by atoms with Crippen LogP contribution in [-0.4, -0.2) is 18.8 Å². The number of hydrogen-bond acceptors (Lipinski definition) is 2. The number of rotatable bonds is 5. The number of ether oxygens (including phenoxy) is 1. The van der Waals surface area contributed by atoms with Crippen LogP contribution in [0.5, 0.6) is 0 Å². The van der Waals surface area contributed by atoms with Crippen LogP contribution in [0.3, 0.4) is 0 Å². The highest BCUT2D eigenvalue weighted by molar-refractivity contribution is 9.10. The van der Waals surface area contributed by atoms with Gasteiger partial charge in [-0.2, -0.15) is 0 Å². The number of nitrogens with one attached hydrogen (secondary N) is 1. The minimum Gasteiger partial charge on any atom is -0.378 e. The van der Waals surface area contributed by atoms with Crippen molar-refractivity contribution in [2.24, 2.45) is 5.41 Å². The Hall–Kier alpha value is -0.450. The first-order valence-corrected chi connectivity index (χ1v) is 7.98. The number of halogens is 2. The Labute approximate surface area is 129 Å². The van der Waals surface area contributed by atoms with Crippen LogP contribution >= 0.6 is 15.9 Å². The van der Waals surface area contributed by atoms with Crippen LogP contribution < -0.4 is 5.32 Å². The maximum Gasteiger partial charge on any atom is 0.137 e. The Balaban J connectivity index is 1.99. The van der Waals surface area contributed by atoms with Gasteiger partial charge in [0.05, 0.1) is 10.6 Å². The fraction of sp³-hybridized carbons (Fsp3) is 0.625. The van der Waals surface area contributed by atoms with E-state index in [4.69, 9.17) is 4.74 Å². The van der Waals surface area contributed by atoms with Crippen LogP contribution in [0.25, 0.3) is 0 Å². The zero-order valence-corrected chi connectivity index (χ0v) is 14.1. The third kappa shape index (κ3) is 3.07. The van der Waals surface area contributed by atoms with Crippen molar-refractivity contribution in [3.63, 3.8) is 0 Å². The van der Waals surface area contributed by atoms with Gasteiger partial charge < -0.3 is 10.1 Å². The topological polar surface area (TPSA) is 21.3 Å². The van der Waals surface area contributed by atoms with E-state index in [-0.39, 0.29) is 17.3 Å². The molecule has 1 aliphatic carbocycles. The molecule has 0 aliphatic heterocycles. The van der Waals surface area contributed by atoms with Crippen LogP contribution in [0.15, 0.2) is 22.7 Å². The lowest BCUT2D eigenvalue weighted by atomic mass is 9.64. The summed E-state index contributed by atoms with van der Waals surface area (Å²) in [4.78, 5) is 0. The van der Waals surface area contributed by atoms with Crippen molar-refractivity contribution in [1.82, 2.24) is 5.32 Å². The smallest absolute Gasteiger partial charge is 0.137 e. The zero-order chi connectivity index (χ0) is 14.9. The van der Waals surface area contributed by atoms with Crippen LogP contribution in [0.2, 0.25) is 0 Å². The predicted octanol–water partition coefficient (Wildman–Crippen LogP) is 4.44. The van der Waals surface area contributed by atoms with Crippen molar-refractivity contribution in [1.29, 1.82) is 0 Å². The van der Waals surface area contributed by atoms with Gasteiger partial charge in [-0.05, 0) is 53.9 Å². The molecule has 4 heteroatoms. The Morgan fingerprint density at radius 1 is 1.50 bits per heavy atom. The van der Waals surface area contributed by atoms with E-state index in [0.29, 0.717) is 16.6 Å². The molecule has 0 heterocycles. The lowest BCUT2D eigenvalue weighted by molar-refractivity contribution is -0.116.